The third-order valence-electron chi connectivity index (χ3n) is 4.07. The number of carbonyl (C=O) groups excluding carboxylic acids is 1. The highest BCUT2D eigenvalue weighted by Crippen LogP contribution is 2.26. The molecule has 1 aromatic heterocycles. The van der Waals surface area contributed by atoms with Crippen LogP contribution in [-0.2, 0) is 11.3 Å². The Bertz CT molecular complexity index is 560. The summed E-state index contributed by atoms with van der Waals surface area (Å²) < 4.78 is 0.716. The van der Waals surface area contributed by atoms with Crippen LogP contribution in [0.5, 0.6) is 0 Å². The number of nitrogens with one attached hydrogen (secondary N) is 1. The number of rotatable bonds is 7. The summed E-state index contributed by atoms with van der Waals surface area (Å²) in [6, 6.07) is 3.99. The number of carboxylic acid groups (broad SMARTS) is 1. The van der Waals surface area contributed by atoms with Gasteiger partial charge in [-0.2, -0.15) is 0 Å². The molecule has 1 fully saturated rings. The summed E-state index contributed by atoms with van der Waals surface area (Å²) in [5.74, 6) is -0.811. The Morgan fingerprint density at radius 2 is 2.13 bits per heavy atom. The number of urea groups is 1. The predicted molar refractivity (Wildman–Crippen MR) is 91.0 cm³/mol. The molecular weight excluding hydrogens is 338 g/mol. The van der Waals surface area contributed by atoms with Gasteiger partial charge in [-0.1, -0.05) is 18.5 Å². The Balaban J connectivity index is 1.73. The van der Waals surface area contributed by atoms with E-state index in [0.717, 1.165) is 17.7 Å². The lowest BCUT2D eigenvalue weighted by Gasteiger charge is -2.42. The van der Waals surface area contributed by atoms with Gasteiger partial charge in [-0.05, 0) is 31.5 Å². The maximum atomic E-state index is 12.2. The number of likely N-dealkylation sites (N-methyl/N-ethyl adjacent to an activating group) is 1. The van der Waals surface area contributed by atoms with Crippen molar-refractivity contribution in [2.24, 2.45) is 0 Å². The number of carbonyl (C=O) groups is 2. The second-order valence-corrected chi connectivity index (χ2v) is 7.59. The lowest BCUT2D eigenvalue weighted by molar-refractivity contribution is -0.139. The summed E-state index contributed by atoms with van der Waals surface area (Å²) in [5, 5.41) is 11.9. The van der Waals surface area contributed by atoms with Gasteiger partial charge in [-0.3, -0.25) is 9.69 Å². The quantitative estimate of drug-likeness (QED) is 0.784. The van der Waals surface area contributed by atoms with E-state index in [1.807, 2.05) is 24.0 Å². The minimum Gasteiger partial charge on any atom is -0.480 e. The van der Waals surface area contributed by atoms with Crippen molar-refractivity contribution in [3.8, 4) is 0 Å². The number of hydrogen-bond donors (Lipinski definition) is 2. The molecule has 0 bridgehead atoms. The van der Waals surface area contributed by atoms with Gasteiger partial charge in [-0.15, -0.1) is 11.3 Å². The molecule has 0 atom stereocenters. The smallest absolute Gasteiger partial charge is 0.317 e. The van der Waals surface area contributed by atoms with Crippen LogP contribution < -0.4 is 5.32 Å². The van der Waals surface area contributed by atoms with Crippen molar-refractivity contribution >= 4 is 34.9 Å². The van der Waals surface area contributed by atoms with E-state index in [0.29, 0.717) is 17.4 Å². The standard InChI is InChI=1S/C15H22ClN3O3S/c1-3-19(9-14(20)21)11-6-10(7-11)17-15(22)18(2)8-12-4-5-13(16)23-12/h4-5,10-11H,3,6-9H2,1-2H3,(H,17,22)(H,20,21). The average Bonchev–Trinajstić information content (AvgIpc) is 2.84. The minimum absolute atomic E-state index is 0.0564. The first kappa shape index (κ1) is 18.0. The van der Waals surface area contributed by atoms with Gasteiger partial charge in [-0.25, -0.2) is 4.79 Å². The zero-order valence-corrected chi connectivity index (χ0v) is 14.9. The van der Waals surface area contributed by atoms with Crippen LogP contribution in [0, 0.1) is 0 Å². The first-order valence-corrected chi connectivity index (χ1v) is 8.80. The number of amides is 2. The molecule has 23 heavy (non-hydrogen) atoms. The van der Waals surface area contributed by atoms with Crippen LogP contribution >= 0.6 is 22.9 Å². The Kier molecular flexibility index (Phi) is 6.26. The van der Waals surface area contributed by atoms with E-state index in [1.165, 1.54) is 11.3 Å². The average molecular weight is 360 g/mol. The molecular formula is C15H22ClN3O3S. The molecule has 2 N–H and O–H groups in total. The predicted octanol–water partition coefficient (Wildman–Crippen LogP) is 2.48. The summed E-state index contributed by atoms with van der Waals surface area (Å²) in [7, 11) is 1.75. The molecule has 0 aliphatic heterocycles. The molecule has 8 heteroatoms. The zero-order chi connectivity index (χ0) is 17.0. The molecule has 0 radical (unpaired) electrons. The Labute approximate surface area is 145 Å². The SMILES string of the molecule is CCN(CC(=O)O)C1CC(NC(=O)N(C)Cc2ccc(Cl)s2)C1. The van der Waals surface area contributed by atoms with Crippen LogP contribution in [-0.4, -0.2) is 59.1 Å². The van der Waals surface area contributed by atoms with Crippen molar-refractivity contribution in [1.82, 2.24) is 15.1 Å². The van der Waals surface area contributed by atoms with E-state index in [2.05, 4.69) is 5.32 Å². The van der Waals surface area contributed by atoms with E-state index >= 15 is 0 Å². The highest BCUT2D eigenvalue weighted by Gasteiger charge is 2.35. The van der Waals surface area contributed by atoms with E-state index in [9.17, 15) is 9.59 Å². The number of halogens is 1. The molecule has 1 heterocycles. The summed E-state index contributed by atoms with van der Waals surface area (Å²) in [4.78, 5) is 27.6. The zero-order valence-electron chi connectivity index (χ0n) is 13.3. The van der Waals surface area contributed by atoms with E-state index < -0.39 is 5.97 Å². The van der Waals surface area contributed by atoms with Gasteiger partial charge in [0.25, 0.3) is 0 Å². The third kappa shape index (κ3) is 5.09. The molecule has 0 spiro atoms. The molecule has 6 nitrogen and oxygen atoms in total. The van der Waals surface area contributed by atoms with E-state index in [-0.39, 0.29) is 24.7 Å². The fraction of sp³-hybridized carbons (Fsp3) is 0.600. The number of thiophene rings is 1. The number of nitrogens with zero attached hydrogens (tertiary/aromatic N) is 2. The van der Waals surface area contributed by atoms with Crippen molar-refractivity contribution < 1.29 is 14.7 Å². The topological polar surface area (TPSA) is 72.9 Å². The van der Waals surface area contributed by atoms with Crippen molar-refractivity contribution in [2.45, 2.75) is 38.4 Å². The highest BCUT2D eigenvalue weighted by molar-refractivity contribution is 7.16. The van der Waals surface area contributed by atoms with Crippen molar-refractivity contribution in [2.75, 3.05) is 20.1 Å². The lowest BCUT2D eigenvalue weighted by Crippen LogP contribution is -2.56. The second kappa shape index (κ2) is 7.99. The monoisotopic (exact) mass is 359 g/mol. The Morgan fingerprint density at radius 3 is 2.65 bits per heavy atom. The van der Waals surface area contributed by atoms with Gasteiger partial charge in [0.1, 0.15) is 0 Å². The van der Waals surface area contributed by atoms with Crippen LogP contribution in [0.4, 0.5) is 4.79 Å². The lowest BCUT2D eigenvalue weighted by atomic mass is 9.85. The molecule has 1 aromatic rings. The summed E-state index contributed by atoms with van der Waals surface area (Å²) in [6.07, 6.45) is 1.59. The fourth-order valence-corrected chi connectivity index (χ4v) is 3.84. The van der Waals surface area contributed by atoms with Gasteiger partial charge in [0, 0.05) is 24.0 Å². The van der Waals surface area contributed by atoms with Crippen LogP contribution in [0.3, 0.4) is 0 Å². The van der Waals surface area contributed by atoms with Crippen LogP contribution in [0.15, 0.2) is 12.1 Å². The van der Waals surface area contributed by atoms with E-state index in [4.69, 9.17) is 16.7 Å². The van der Waals surface area contributed by atoms with Gasteiger partial charge in [0.2, 0.25) is 0 Å². The number of carboxylic acids is 1. The summed E-state index contributed by atoms with van der Waals surface area (Å²) in [5.41, 5.74) is 0. The van der Waals surface area contributed by atoms with E-state index in [1.54, 1.807) is 11.9 Å². The number of aliphatic carboxylic acids is 1. The highest BCUT2D eigenvalue weighted by atomic mass is 35.5. The molecule has 128 valence electrons. The first-order chi connectivity index (χ1) is 10.9. The summed E-state index contributed by atoms with van der Waals surface area (Å²) in [6.45, 7) is 3.24. The normalized spacial score (nSPS) is 20.2. The second-order valence-electron chi connectivity index (χ2n) is 5.79. The van der Waals surface area contributed by atoms with Gasteiger partial charge in [0.05, 0.1) is 17.4 Å². The van der Waals surface area contributed by atoms with Crippen molar-refractivity contribution in [3.63, 3.8) is 0 Å². The molecule has 2 amide bonds. The van der Waals surface area contributed by atoms with Gasteiger partial charge >= 0.3 is 12.0 Å². The molecule has 1 aliphatic carbocycles. The van der Waals surface area contributed by atoms with Gasteiger partial charge in [0.15, 0.2) is 0 Å². The minimum atomic E-state index is -0.811. The molecule has 1 aliphatic rings. The van der Waals surface area contributed by atoms with Crippen LogP contribution in [0.25, 0.3) is 0 Å². The molecule has 0 saturated heterocycles. The fourth-order valence-electron chi connectivity index (χ4n) is 2.70. The molecule has 2 rings (SSSR count). The first-order valence-electron chi connectivity index (χ1n) is 7.60. The van der Waals surface area contributed by atoms with Crippen molar-refractivity contribution in [3.05, 3.63) is 21.3 Å². The summed E-state index contributed by atoms with van der Waals surface area (Å²) >= 11 is 7.35. The van der Waals surface area contributed by atoms with Crippen molar-refractivity contribution in [1.29, 1.82) is 0 Å². The molecule has 0 unspecified atom stereocenters. The molecule has 1 saturated carbocycles. The van der Waals surface area contributed by atoms with Crippen LogP contribution in [0.2, 0.25) is 4.34 Å². The van der Waals surface area contributed by atoms with Crippen LogP contribution in [0.1, 0.15) is 24.6 Å². The Hall–Kier alpha value is -1.31. The maximum Gasteiger partial charge on any atom is 0.317 e. The molecule has 0 aromatic carbocycles. The van der Waals surface area contributed by atoms with Gasteiger partial charge < -0.3 is 15.3 Å². The largest absolute Gasteiger partial charge is 0.480 e. The maximum absolute atomic E-state index is 12.2. The number of hydrogen-bond acceptors (Lipinski definition) is 4. The third-order valence-corrected chi connectivity index (χ3v) is 5.29. The Morgan fingerprint density at radius 1 is 1.43 bits per heavy atom.